The predicted octanol–water partition coefficient (Wildman–Crippen LogP) is 2.59. The number of carboxylic acids is 1. The zero-order chi connectivity index (χ0) is 10.3. The lowest BCUT2D eigenvalue weighted by Gasteiger charge is -2.11. The fraction of sp³-hybridized carbons (Fsp3) is 0.500. The first-order valence-corrected chi connectivity index (χ1v) is 5.67. The highest BCUT2D eigenvalue weighted by molar-refractivity contribution is 14.1. The van der Waals surface area contributed by atoms with Gasteiger partial charge in [0.05, 0.1) is 0 Å². The third-order valence-corrected chi connectivity index (χ3v) is 3.33. The van der Waals surface area contributed by atoms with Crippen molar-refractivity contribution in [2.24, 2.45) is 5.41 Å². The Kier molecular flexibility index (Phi) is 2.33. The van der Waals surface area contributed by atoms with Crippen LogP contribution < -0.4 is 0 Å². The van der Waals surface area contributed by atoms with Gasteiger partial charge in [-0.25, -0.2) is 4.79 Å². The number of rotatable bonds is 3. The molecule has 1 fully saturated rings. The molecule has 0 unspecified atom stereocenters. The van der Waals surface area contributed by atoms with Gasteiger partial charge in [-0.3, -0.25) is 0 Å². The predicted molar refractivity (Wildman–Crippen MR) is 61.4 cm³/mol. The van der Waals surface area contributed by atoms with Gasteiger partial charge in [-0.05, 0) is 46.9 Å². The molecule has 1 N–H and O–H groups in total. The summed E-state index contributed by atoms with van der Waals surface area (Å²) in [4.78, 5) is 10.9. The number of hydrogen-bond acceptors (Lipinski definition) is 1. The van der Waals surface area contributed by atoms with Gasteiger partial charge in [0.1, 0.15) is 5.69 Å². The van der Waals surface area contributed by atoms with Gasteiger partial charge in [0.2, 0.25) is 0 Å². The maximum absolute atomic E-state index is 10.9. The van der Waals surface area contributed by atoms with Crippen LogP contribution in [0.2, 0.25) is 0 Å². The molecule has 0 amide bonds. The van der Waals surface area contributed by atoms with Crippen molar-refractivity contribution in [1.29, 1.82) is 0 Å². The largest absolute Gasteiger partial charge is 0.477 e. The van der Waals surface area contributed by atoms with Crippen molar-refractivity contribution in [2.75, 3.05) is 0 Å². The minimum absolute atomic E-state index is 0.340. The van der Waals surface area contributed by atoms with Gasteiger partial charge >= 0.3 is 5.97 Å². The summed E-state index contributed by atoms with van der Waals surface area (Å²) in [5.41, 5.74) is 0.745. The lowest BCUT2D eigenvalue weighted by atomic mass is 10.1. The molecular formula is C10H12INO2. The van der Waals surface area contributed by atoms with E-state index in [1.54, 1.807) is 6.07 Å². The van der Waals surface area contributed by atoms with E-state index in [2.05, 4.69) is 29.5 Å². The van der Waals surface area contributed by atoms with E-state index in [0.717, 1.165) is 10.1 Å². The molecule has 1 aromatic heterocycles. The van der Waals surface area contributed by atoms with Crippen molar-refractivity contribution < 1.29 is 9.90 Å². The molecule has 3 nitrogen and oxygen atoms in total. The van der Waals surface area contributed by atoms with Crippen LogP contribution in [-0.4, -0.2) is 15.6 Å². The molecule has 0 aromatic carbocycles. The smallest absolute Gasteiger partial charge is 0.352 e. The summed E-state index contributed by atoms with van der Waals surface area (Å²) in [6.45, 7) is 3.03. The minimum Gasteiger partial charge on any atom is -0.477 e. The summed E-state index contributed by atoms with van der Waals surface area (Å²) < 4.78 is 2.85. The highest BCUT2D eigenvalue weighted by Gasteiger charge is 2.38. The number of aromatic nitrogens is 1. The summed E-state index contributed by atoms with van der Waals surface area (Å²) in [5.74, 6) is -0.836. The number of aromatic carboxylic acids is 1. The van der Waals surface area contributed by atoms with Crippen molar-refractivity contribution in [1.82, 2.24) is 4.57 Å². The Bertz CT molecular complexity index is 379. The highest BCUT2D eigenvalue weighted by atomic mass is 127. The van der Waals surface area contributed by atoms with Gasteiger partial charge in [0, 0.05) is 16.3 Å². The Balaban J connectivity index is 2.27. The molecule has 1 aliphatic carbocycles. The molecule has 2 rings (SSSR count). The summed E-state index contributed by atoms with van der Waals surface area (Å²) in [6.07, 6.45) is 4.33. The number of halogens is 1. The van der Waals surface area contributed by atoms with E-state index >= 15 is 0 Å². The molecular weight excluding hydrogens is 293 g/mol. The first-order chi connectivity index (χ1) is 6.50. The normalized spacial score (nSPS) is 18.1. The van der Waals surface area contributed by atoms with Crippen molar-refractivity contribution in [3.63, 3.8) is 0 Å². The molecule has 4 heteroatoms. The van der Waals surface area contributed by atoms with Gasteiger partial charge in [-0.2, -0.15) is 0 Å². The Morgan fingerprint density at radius 2 is 2.36 bits per heavy atom. The molecule has 0 saturated heterocycles. The highest BCUT2D eigenvalue weighted by Crippen LogP contribution is 2.46. The molecule has 14 heavy (non-hydrogen) atoms. The molecule has 1 aliphatic rings. The quantitative estimate of drug-likeness (QED) is 0.872. The van der Waals surface area contributed by atoms with Gasteiger partial charge in [-0.1, -0.05) is 6.92 Å². The lowest BCUT2D eigenvalue weighted by molar-refractivity contribution is 0.0684. The second-order valence-corrected chi connectivity index (χ2v) is 5.53. The number of carbonyl (C=O) groups is 1. The fourth-order valence-electron chi connectivity index (χ4n) is 1.57. The molecule has 0 spiro atoms. The Labute approximate surface area is 96.3 Å². The van der Waals surface area contributed by atoms with E-state index in [1.165, 1.54) is 12.8 Å². The summed E-state index contributed by atoms with van der Waals surface area (Å²) >= 11 is 2.15. The third-order valence-electron chi connectivity index (χ3n) is 2.74. The molecule has 76 valence electrons. The van der Waals surface area contributed by atoms with Gasteiger partial charge in [-0.15, -0.1) is 0 Å². The number of hydrogen-bond donors (Lipinski definition) is 1. The maximum atomic E-state index is 10.9. The van der Waals surface area contributed by atoms with Crippen molar-refractivity contribution in [3.8, 4) is 0 Å². The van der Waals surface area contributed by atoms with Gasteiger partial charge in [0.25, 0.3) is 0 Å². The van der Waals surface area contributed by atoms with E-state index in [9.17, 15) is 4.79 Å². The van der Waals surface area contributed by atoms with E-state index < -0.39 is 5.97 Å². The standard InChI is InChI=1S/C10H12INO2/c1-10(2-3-10)6-12-5-7(11)4-8(12)9(13)14/h4-5H,2-3,6H2,1H3,(H,13,14). The van der Waals surface area contributed by atoms with Crippen LogP contribution >= 0.6 is 22.6 Å². The monoisotopic (exact) mass is 305 g/mol. The van der Waals surface area contributed by atoms with Gasteiger partial charge < -0.3 is 9.67 Å². The summed E-state index contributed by atoms with van der Waals surface area (Å²) in [6, 6.07) is 1.72. The second-order valence-electron chi connectivity index (χ2n) is 4.29. The molecule has 0 radical (unpaired) electrons. The van der Waals surface area contributed by atoms with Crippen LogP contribution in [-0.2, 0) is 6.54 Å². The first kappa shape index (κ1) is 10.0. The fourth-order valence-corrected chi connectivity index (χ4v) is 2.20. The molecule has 0 atom stereocenters. The van der Waals surface area contributed by atoms with E-state index in [4.69, 9.17) is 5.11 Å². The molecule has 0 bridgehead atoms. The average molecular weight is 305 g/mol. The maximum Gasteiger partial charge on any atom is 0.352 e. The van der Waals surface area contributed by atoms with Crippen molar-refractivity contribution >= 4 is 28.6 Å². The molecule has 0 aliphatic heterocycles. The topological polar surface area (TPSA) is 42.2 Å². The minimum atomic E-state index is -0.836. The van der Waals surface area contributed by atoms with Crippen LogP contribution in [0.3, 0.4) is 0 Å². The molecule has 1 aromatic rings. The molecule has 1 heterocycles. The number of carboxylic acid groups (broad SMARTS) is 1. The lowest BCUT2D eigenvalue weighted by Crippen LogP contribution is -2.13. The van der Waals surface area contributed by atoms with Gasteiger partial charge in [0.15, 0.2) is 0 Å². The van der Waals surface area contributed by atoms with Crippen molar-refractivity contribution in [2.45, 2.75) is 26.3 Å². The van der Waals surface area contributed by atoms with Crippen LogP contribution in [0, 0.1) is 8.99 Å². The zero-order valence-corrected chi connectivity index (χ0v) is 10.1. The van der Waals surface area contributed by atoms with Crippen LogP contribution in [0.4, 0.5) is 0 Å². The summed E-state index contributed by atoms with van der Waals surface area (Å²) in [5, 5.41) is 8.97. The van der Waals surface area contributed by atoms with E-state index in [1.807, 2.05) is 10.8 Å². The van der Waals surface area contributed by atoms with E-state index in [0.29, 0.717) is 11.1 Å². The Morgan fingerprint density at radius 1 is 1.71 bits per heavy atom. The second kappa shape index (κ2) is 3.25. The zero-order valence-electron chi connectivity index (χ0n) is 7.96. The molecule has 1 saturated carbocycles. The number of nitrogens with zero attached hydrogens (tertiary/aromatic N) is 1. The van der Waals surface area contributed by atoms with Crippen LogP contribution in [0.1, 0.15) is 30.3 Å². The van der Waals surface area contributed by atoms with Crippen LogP contribution in [0.15, 0.2) is 12.3 Å². The third kappa shape index (κ3) is 1.94. The Morgan fingerprint density at radius 3 is 2.86 bits per heavy atom. The van der Waals surface area contributed by atoms with E-state index in [-0.39, 0.29) is 0 Å². The average Bonchev–Trinajstić information content (AvgIpc) is 2.66. The van der Waals surface area contributed by atoms with Crippen molar-refractivity contribution in [3.05, 3.63) is 21.5 Å². The SMILES string of the molecule is CC1(Cn2cc(I)cc2C(=O)O)CC1. The summed E-state index contributed by atoms with van der Waals surface area (Å²) in [7, 11) is 0. The first-order valence-electron chi connectivity index (χ1n) is 4.59. The Hall–Kier alpha value is -0.520. The van der Waals surface area contributed by atoms with Crippen LogP contribution in [0.25, 0.3) is 0 Å². The van der Waals surface area contributed by atoms with Crippen LogP contribution in [0.5, 0.6) is 0 Å².